The van der Waals surface area contributed by atoms with Crippen molar-refractivity contribution in [3.8, 4) is 0 Å². The van der Waals surface area contributed by atoms with Crippen molar-refractivity contribution >= 4 is 21.9 Å². The summed E-state index contributed by atoms with van der Waals surface area (Å²) >= 11 is 0. The van der Waals surface area contributed by atoms with Gasteiger partial charge in [-0.05, 0) is 54.3 Å². The van der Waals surface area contributed by atoms with Crippen LogP contribution in [-0.4, -0.2) is 15.0 Å². The van der Waals surface area contributed by atoms with Crippen LogP contribution in [0.1, 0.15) is 36.6 Å². The number of aromatic nitrogens is 3. The van der Waals surface area contributed by atoms with E-state index in [1.165, 1.54) is 16.5 Å². The molecule has 0 saturated heterocycles. The third-order valence-electron chi connectivity index (χ3n) is 4.72. The number of rotatable bonds is 4. The Balaban J connectivity index is 1.62. The molecule has 25 heavy (non-hydrogen) atoms. The first-order valence-electron chi connectivity index (χ1n) is 8.82. The summed E-state index contributed by atoms with van der Waals surface area (Å²) in [6, 6.07) is 16.8. The Bertz CT molecular complexity index is 1040. The number of hydrogen-bond acceptors (Lipinski definition) is 3. The van der Waals surface area contributed by atoms with Crippen LogP contribution in [0.4, 0.5) is 0 Å². The highest BCUT2D eigenvalue weighted by Gasteiger charge is 2.11. The van der Waals surface area contributed by atoms with Crippen LogP contribution in [0.25, 0.3) is 21.9 Å². The van der Waals surface area contributed by atoms with Gasteiger partial charge in [0, 0.05) is 23.7 Å². The van der Waals surface area contributed by atoms with E-state index >= 15 is 0 Å². The Hall–Kier alpha value is -2.81. The Morgan fingerprint density at radius 1 is 0.840 bits per heavy atom. The molecule has 0 aliphatic rings. The number of para-hydroxylation sites is 2. The van der Waals surface area contributed by atoms with Gasteiger partial charge in [-0.2, -0.15) is 0 Å². The zero-order chi connectivity index (χ0) is 17.2. The summed E-state index contributed by atoms with van der Waals surface area (Å²) in [4.78, 5) is 13.9. The highest BCUT2D eigenvalue weighted by Crippen LogP contribution is 2.22. The fourth-order valence-corrected chi connectivity index (χ4v) is 3.23. The molecule has 4 rings (SSSR count). The van der Waals surface area contributed by atoms with E-state index in [1.54, 1.807) is 0 Å². The van der Waals surface area contributed by atoms with E-state index in [9.17, 15) is 0 Å². The molecule has 3 heteroatoms. The summed E-state index contributed by atoms with van der Waals surface area (Å²) in [5.41, 5.74) is 6.57. The van der Waals surface area contributed by atoms with Gasteiger partial charge in [0.25, 0.3) is 0 Å². The predicted molar refractivity (Wildman–Crippen MR) is 103 cm³/mol. The first kappa shape index (κ1) is 15.7. The topological polar surface area (TPSA) is 38.7 Å². The molecule has 0 aliphatic heterocycles. The number of aryl methyl sites for hydroxylation is 1. The average Bonchev–Trinajstić information content (AvgIpc) is 2.67. The minimum absolute atomic E-state index is 0.297. The molecule has 0 bridgehead atoms. The van der Waals surface area contributed by atoms with E-state index in [0.717, 1.165) is 35.1 Å². The fraction of sp³-hybridized carbons (Fsp3) is 0.227. The summed E-state index contributed by atoms with van der Waals surface area (Å²) in [7, 11) is 0. The second kappa shape index (κ2) is 6.60. The number of fused-ring (bicyclic) bond motifs is 2. The molecular weight excluding hydrogens is 306 g/mol. The van der Waals surface area contributed by atoms with Crippen molar-refractivity contribution in [2.75, 3.05) is 0 Å². The Labute approximate surface area is 147 Å². The summed E-state index contributed by atoms with van der Waals surface area (Å²) in [5, 5.41) is 1.22. The number of nitrogens with zero attached hydrogens (tertiary/aromatic N) is 3. The molecule has 2 heterocycles. The molecule has 0 N–H and O–H groups in total. The van der Waals surface area contributed by atoms with Gasteiger partial charge >= 0.3 is 0 Å². The van der Waals surface area contributed by atoms with Crippen LogP contribution in [0, 0.1) is 0 Å². The van der Waals surface area contributed by atoms with Gasteiger partial charge in [0.2, 0.25) is 0 Å². The van der Waals surface area contributed by atoms with Crippen molar-refractivity contribution in [3.05, 3.63) is 77.7 Å². The van der Waals surface area contributed by atoms with Crippen molar-refractivity contribution in [1.29, 1.82) is 0 Å². The molecule has 0 aliphatic carbocycles. The van der Waals surface area contributed by atoms with Gasteiger partial charge in [-0.3, -0.25) is 9.97 Å². The maximum Gasteiger partial charge on any atom is 0.0890 e. The molecule has 0 saturated carbocycles. The van der Waals surface area contributed by atoms with E-state index in [0.29, 0.717) is 5.92 Å². The lowest BCUT2D eigenvalue weighted by molar-refractivity contribution is 0.729. The van der Waals surface area contributed by atoms with Gasteiger partial charge in [-0.15, -0.1) is 0 Å². The second-order valence-electron chi connectivity index (χ2n) is 6.61. The molecule has 1 atom stereocenters. The Kier molecular flexibility index (Phi) is 4.14. The molecule has 0 radical (unpaired) electrons. The summed E-state index contributed by atoms with van der Waals surface area (Å²) < 4.78 is 0. The van der Waals surface area contributed by atoms with Gasteiger partial charge in [0.15, 0.2) is 0 Å². The van der Waals surface area contributed by atoms with Crippen molar-refractivity contribution in [2.45, 2.75) is 32.6 Å². The van der Waals surface area contributed by atoms with Gasteiger partial charge in [-0.1, -0.05) is 32.0 Å². The maximum atomic E-state index is 4.78. The van der Waals surface area contributed by atoms with Gasteiger partial charge in [0.05, 0.1) is 22.2 Å². The minimum atomic E-state index is 0.297. The SMILES string of the molecule is CCc1ccc2ncc(CC(C)c3cnc4ccccc4n3)cc2c1. The molecule has 0 spiro atoms. The van der Waals surface area contributed by atoms with E-state index in [1.807, 2.05) is 36.7 Å². The van der Waals surface area contributed by atoms with E-state index in [4.69, 9.17) is 4.98 Å². The monoisotopic (exact) mass is 327 g/mol. The van der Waals surface area contributed by atoms with Crippen molar-refractivity contribution in [3.63, 3.8) is 0 Å². The van der Waals surface area contributed by atoms with Crippen LogP contribution < -0.4 is 0 Å². The molecule has 0 fully saturated rings. The van der Waals surface area contributed by atoms with Gasteiger partial charge < -0.3 is 0 Å². The van der Waals surface area contributed by atoms with Crippen LogP contribution in [-0.2, 0) is 12.8 Å². The first-order valence-corrected chi connectivity index (χ1v) is 8.82. The third-order valence-corrected chi connectivity index (χ3v) is 4.72. The van der Waals surface area contributed by atoms with Crippen LogP contribution in [0.5, 0.6) is 0 Å². The van der Waals surface area contributed by atoms with E-state index in [2.05, 4.69) is 48.1 Å². The molecule has 2 aromatic carbocycles. The zero-order valence-electron chi connectivity index (χ0n) is 14.6. The Morgan fingerprint density at radius 2 is 1.60 bits per heavy atom. The van der Waals surface area contributed by atoms with E-state index < -0.39 is 0 Å². The molecule has 0 amide bonds. The van der Waals surface area contributed by atoms with Gasteiger partial charge in [-0.25, -0.2) is 4.98 Å². The number of benzene rings is 2. The van der Waals surface area contributed by atoms with E-state index in [-0.39, 0.29) is 0 Å². The van der Waals surface area contributed by atoms with Gasteiger partial charge in [0.1, 0.15) is 0 Å². The lowest BCUT2D eigenvalue weighted by Crippen LogP contribution is -2.03. The molecule has 124 valence electrons. The number of pyridine rings is 1. The van der Waals surface area contributed by atoms with Crippen molar-refractivity contribution < 1.29 is 0 Å². The van der Waals surface area contributed by atoms with Crippen LogP contribution in [0.3, 0.4) is 0 Å². The number of hydrogen-bond donors (Lipinski definition) is 0. The van der Waals surface area contributed by atoms with Crippen LogP contribution in [0.2, 0.25) is 0 Å². The third kappa shape index (κ3) is 3.22. The quantitative estimate of drug-likeness (QED) is 0.524. The van der Waals surface area contributed by atoms with Crippen LogP contribution in [0.15, 0.2) is 60.9 Å². The molecule has 1 unspecified atom stereocenters. The smallest absolute Gasteiger partial charge is 0.0890 e. The molecule has 2 aromatic heterocycles. The lowest BCUT2D eigenvalue weighted by atomic mass is 9.98. The maximum absolute atomic E-state index is 4.78. The standard InChI is InChI=1S/C22H21N3/c1-3-16-8-9-19-18(11-16)12-17(13-23-19)10-15(2)22-14-24-20-6-4-5-7-21(20)25-22/h4-9,11-15H,3,10H2,1-2H3. The largest absolute Gasteiger partial charge is 0.256 e. The fourth-order valence-electron chi connectivity index (χ4n) is 3.23. The first-order chi connectivity index (χ1) is 12.2. The Morgan fingerprint density at radius 3 is 2.44 bits per heavy atom. The van der Waals surface area contributed by atoms with Crippen LogP contribution >= 0.6 is 0 Å². The highest BCUT2D eigenvalue weighted by atomic mass is 14.8. The molecule has 4 aromatic rings. The lowest BCUT2D eigenvalue weighted by Gasteiger charge is -2.12. The van der Waals surface area contributed by atoms with Crippen molar-refractivity contribution in [1.82, 2.24) is 15.0 Å². The summed E-state index contributed by atoms with van der Waals surface area (Å²) in [6.45, 7) is 4.38. The minimum Gasteiger partial charge on any atom is -0.256 e. The zero-order valence-corrected chi connectivity index (χ0v) is 14.6. The second-order valence-corrected chi connectivity index (χ2v) is 6.61. The molecular formula is C22H21N3. The summed E-state index contributed by atoms with van der Waals surface area (Å²) in [5.74, 6) is 0.297. The van der Waals surface area contributed by atoms with Crippen molar-refractivity contribution in [2.24, 2.45) is 0 Å². The summed E-state index contributed by atoms with van der Waals surface area (Å²) in [6.07, 6.45) is 5.84. The average molecular weight is 327 g/mol. The molecule has 3 nitrogen and oxygen atoms in total. The predicted octanol–water partition coefficient (Wildman–Crippen LogP) is 5.09. The normalized spacial score (nSPS) is 12.6. The highest BCUT2D eigenvalue weighted by molar-refractivity contribution is 5.79.